The largest absolute Gasteiger partial charge is 0.481 e. The van der Waals surface area contributed by atoms with Crippen molar-refractivity contribution in [2.45, 2.75) is 76.4 Å². The van der Waals surface area contributed by atoms with Crippen LogP contribution >= 0.6 is 23.2 Å². The maximum Gasteiger partial charge on any atom is 0.305 e. The van der Waals surface area contributed by atoms with E-state index in [0.717, 1.165) is 18.4 Å². The van der Waals surface area contributed by atoms with Crippen molar-refractivity contribution >= 4 is 52.8 Å². The van der Waals surface area contributed by atoms with Gasteiger partial charge in [0.1, 0.15) is 12.1 Å². The number of carboxylic acid groups (broad SMARTS) is 1. The molecule has 4 amide bonds. The second-order valence-electron chi connectivity index (χ2n) is 12.2. The van der Waals surface area contributed by atoms with E-state index < -0.39 is 42.2 Å². The molecule has 2 fully saturated rings. The number of amides is 4. The van der Waals surface area contributed by atoms with Gasteiger partial charge in [-0.15, -0.1) is 0 Å². The molecule has 2 aliphatic rings. The number of rotatable bonds is 12. The number of nitrogens with one attached hydrogen (secondary N) is 2. The van der Waals surface area contributed by atoms with Crippen molar-refractivity contribution in [2.24, 2.45) is 5.41 Å². The number of benzene rings is 2. The molecule has 0 aromatic heterocycles. The summed E-state index contributed by atoms with van der Waals surface area (Å²) in [7, 11) is 1.54. The summed E-state index contributed by atoms with van der Waals surface area (Å²) in [5, 5.41) is 15.3. The molecule has 1 spiro atoms. The molecule has 1 saturated carbocycles. The summed E-state index contributed by atoms with van der Waals surface area (Å²) in [6.07, 6.45) is 5.67. The van der Waals surface area contributed by atoms with Gasteiger partial charge in [-0.05, 0) is 61.3 Å². The van der Waals surface area contributed by atoms with Gasteiger partial charge in [0, 0.05) is 48.7 Å². The fourth-order valence-electron chi connectivity index (χ4n) is 6.35. The van der Waals surface area contributed by atoms with E-state index in [1.165, 1.54) is 55.8 Å². The van der Waals surface area contributed by atoms with Crippen LogP contribution in [0, 0.1) is 5.41 Å². The molecule has 1 unspecified atom stereocenters. The smallest absolute Gasteiger partial charge is 0.305 e. The van der Waals surface area contributed by atoms with Crippen LogP contribution in [0.3, 0.4) is 0 Å². The molecule has 45 heavy (non-hydrogen) atoms. The fraction of sp³-hybridized carbons (Fsp3) is 0.485. The van der Waals surface area contributed by atoms with Crippen LogP contribution in [0.25, 0.3) is 0 Å². The van der Waals surface area contributed by atoms with Gasteiger partial charge in [-0.25, -0.2) is 0 Å². The molecule has 2 aromatic carbocycles. The van der Waals surface area contributed by atoms with Crippen molar-refractivity contribution < 1.29 is 29.1 Å². The van der Waals surface area contributed by atoms with Crippen LogP contribution in [0.2, 0.25) is 10.0 Å². The molecule has 3 N–H and O–H groups in total. The monoisotopic (exact) mass is 658 g/mol. The number of hydrogen-bond donors (Lipinski definition) is 3. The van der Waals surface area contributed by atoms with Gasteiger partial charge in [-0.1, -0.05) is 66.4 Å². The highest BCUT2D eigenvalue weighted by Gasteiger charge is 2.39. The molecule has 2 aromatic rings. The van der Waals surface area contributed by atoms with Gasteiger partial charge >= 0.3 is 5.97 Å². The lowest BCUT2D eigenvalue weighted by Gasteiger charge is -2.40. The van der Waals surface area contributed by atoms with Crippen molar-refractivity contribution in [1.29, 1.82) is 0 Å². The summed E-state index contributed by atoms with van der Waals surface area (Å²) in [4.78, 5) is 67.8. The zero-order valence-electron chi connectivity index (χ0n) is 25.4. The van der Waals surface area contributed by atoms with Crippen LogP contribution in [-0.2, 0) is 25.7 Å². The van der Waals surface area contributed by atoms with Crippen molar-refractivity contribution in [1.82, 2.24) is 20.4 Å². The first-order valence-corrected chi connectivity index (χ1v) is 16.1. The maximum absolute atomic E-state index is 13.7. The van der Waals surface area contributed by atoms with Gasteiger partial charge in [0.2, 0.25) is 17.7 Å². The SMILES string of the molecule is CN(Cc1ccccc1)C(=O)[C@@H](CC(=O)O)NC(=O)CCC(NC(=O)c1cc(Cl)cc(Cl)c1)C(=O)N1CCC2(CCCC2)CC1. The van der Waals surface area contributed by atoms with Gasteiger partial charge in [0.15, 0.2) is 0 Å². The highest BCUT2D eigenvalue weighted by molar-refractivity contribution is 6.35. The number of halogens is 2. The Hall–Kier alpha value is -3.63. The van der Waals surface area contributed by atoms with E-state index >= 15 is 0 Å². The third kappa shape index (κ3) is 9.68. The van der Waals surface area contributed by atoms with Crippen LogP contribution < -0.4 is 10.6 Å². The average Bonchev–Trinajstić information content (AvgIpc) is 3.45. The zero-order valence-corrected chi connectivity index (χ0v) is 26.9. The lowest BCUT2D eigenvalue weighted by Crippen LogP contribution is -2.52. The van der Waals surface area contributed by atoms with Crippen molar-refractivity contribution in [2.75, 3.05) is 20.1 Å². The van der Waals surface area contributed by atoms with Crippen LogP contribution in [0.5, 0.6) is 0 Å². The molecular weight excluding hydrogens is 619 g/mol. The lowest BCUT2D eigenvalue weighted by molar-refractivity contribution is -0.143. The van der Waals surface area contributed by atoms with E-state index in [0.29, 0.717) is 13.1 Å². The zero-order chi connectivity index (χ0) is 32.6. The number of carbonyl (C=O) groups excluding carboxylic acids is 4. The summed E-state index contributed by atoms with van der Waals surface area (Å²) in [5.41, 5.74) is 1.31. The fourth-order valence-corrected chi connectivity index (χ4v) is 6.87. The van der Waals surface area contributed by atoms with E-state index in [4.69, 9.17) is 23.2 Å². The number of likely N-dealkylation sites (N-methyl/N-ethyl adjacent to an activating group) is 1. The standard InChI is InChI=1S/C33H40Cl2N4O6/c1-38(21-22-7-3-2-4-8-22)31(44)27(20-29(41)42)36-28(40)10-9-26(37-30(43)23-17-24(34)19-25(35)18-23)32(45)39-15-13-33(14-16-39)11-5-6-12-33/h2-4,7-8,17-19,26-27H,5-6,9-16,20-21H2,1H3,(H,36,40)(H,37,43)(H,41,42)/t26?,27-/m1/s1. The number of piperidine rings is 1. The minimum atomic E-state index is -1.30. The lowest BCUT2D eigenvalue weighted by atomic mass is 9.77. The first kappa shape index (κ1) is 34.2. The summed E-state index contributed by atoms with van der Waals surface area (Å²) in [5.74, 6) is -3.26. The predicted octanol–water partition coefficient (Wildman–Crippen LogP) is 4.67. The Kier molecular flexibility index (Phi) is 11.9. The Labute approximate surface area is 273 Å². The minimum absolute atomic E-state index is 0.0554. The van der Waals surface area contributed by atoms with Crippen molar-refractivity contribution in [3.63, 3.8) is 0 Å². The summed E-state index contributed by atoms with van der Waals surface area (Å²) < 4.78 is 0. The quantitative estimate of drug-likeness (QED) is 0.303. The van der Waals surface area contributed by atoms with Crippen molar-refractivity contribution in [3.8, 4) is 0 Å². The molecule has 1 heterocycles. The number of carbonyl (C=O) groups is 5. The third-order valence-electron chi connectivity index (χ3n) is 8.84. The normalized spacial score (nSPS) is 16.9. The number of carboxylic acids is 1. The molecule has 4 rings (SSSR count). The molecule has 242 valence electrons. The van der Waals surface area contributed by atoms with Gasteiger partial charge in [0.25, 0.3) is 5.91 Å². The Morgan fingerprint density at radius 2 is 1.53 bits per heavy atom. The van der Waals surface area contributed by atoms with Crippen LogP contribution in [-0.4, -0.2) is 76.7 Å². The van der Waals surface area contributed by atoms with Crippen molar-refractivity contribution in [3.05, 3.63) is 69.7 Å². The van der Waals surface area contributed by atoms with E-state index in [2.05, 4.69) is 10.6 Å². The summed E-state index contributed by atoms with van der Waals surface area (Å²) >= 11 is 12.2. The molecule has 1 aliphatic heterocycles. The second-order valence-corrected chi connectivity index (χ2v) is 13.0. The van der Waals surface area contributed by atoms with Crippen LogP contribution in [0.4, 0.5) is 0 Å². The number of nitrogens with zero attached hydrogens (tertiary/aromatic N) is 2. The average molecular weight is 660 g/mol. The molecule has 12 heteroatoms. The molecule has 0 bridgehead atoms. The topological polar surface area (TPSA) is 136 Å². The Morgan fingerprint density at radius 3 is 2.13 bits per heavy atom. The second kappa shape index (κ2) is 15.6. The Balaban J connectivity index is 1.43. The highest BCUT2D eigenvalue weighted by Crippen LogP contribution is 2.46. The predicted molar refractivity (Wildman–Crippen MR) is 171 cm³/mol. The first-order chi connectivity index (χ1) is 21.4. The molecule has 2 atom stereocenters. The van der Waals surface area contributed by atoms with E-state index in [-0.39, 0.29) is 46.3 Å². The Morgan fingerprint density at radius 1 is 0.911 bits per heavy atom. The van der Waals surface area contributed by atoms with E-state index in [1.807, 2.05) is 30.3 Å². The molecule has 0 radical (unpaired) electrons. The molecule has 1 saturated heterocycles. The van der Waals surface area contributed by atoms with Gasteiger partial charge in [-0.2, -0.15) is 0 Å². The number of aliphatic carboxylic acids is 1. The molecule has 10 nitrogen and oxygen atoms in total. The molecule has 1 aliphatic carbocycles. The molecular formula is C33H40Cl2N4O6. The third-order valence-corrected chi connectivity index (χ3v) is 9.28. The summed E-state index contributed by atoms with van der Waals surface area (Å²) in [6.45, 7) is 1.38. The van der Waals surface area contributed by atoms with Crippen LogP contribution in [0.15, 0.2) is 48.5 Å². The number of likely N-dealkylation sites (tertiary alicyclic amines) is 1. The van der Waals surface area contributed by atoms with Gasteiger partial charge < -0.3 is 25.5 Å². The minimum Gasteiger partial charge on any atom is -0.481 e. The first-order valence-electron chi connectivity index (χ1n) is 15.3. The highest BCUT2D eigenvalue weighted by atomic mass is 35.5. The summed E-state index contributed by atoms with van der Waals surface area (Å²) in [6, 6.07) is 11.2. The number of hydrogen-bond acceptors (Lipinski definition) is 5. The van der Waals surface area contributed by atoms with Gasteiger partial charge in [0.05, 0.1) is 6.42 Å². The Bertz CT molecular complexity index is 1370. The van der Waals surface area contributed by atoms with E-state index in [1.54, 1.807) is 4.90 Å². The van der Waals surface area contributed by atoms with E-state index in [9.17, 15) is 29.1 Å². The van der Waals surface area contributed by atoms with Gasteiger partial charge in [-0.3, -0.25) is 24.0 Å². The van der Waals surface area contributed by atoms with Crippen LogP contribution in [0.1, 0.15) is 73.7 Å². The maximum atomic E-state index is 13.7.